The van der Waals surface area contributed by atoms with Crippen LogP contribution in [0.5, 0.6) is 5.75 Å². The van der Waals surface area contributed by atoms with Crippen LogP contribution in [0.15, 0.2) is 29.4 Å². The van der Waals surface area contributed by atoms with Crippen LogP contribution in [0.3, 0.4) is 0 Å². The molecule has 2 aromatic rings. The van der Waals surface area contributed by atoms with E-state index in [1.165, 1.54) is 31.5 Å². The predicted molar refractivity (Wildman–Crippen MR) is 87.9 cm³/mol. The van der Waals surface area contributed by atoms with Gasteiger partial charge in [-0.25, -0.2) is 0 Å². The van der Waals surface area contributed by atoms with Crippen molar-refractivity contribution in [1.82, 2.24) is 14.8 Å². The van der Waals surface area contributed by atoms with Crippen molar-refractivity contribution in [2.75, 3.05) is 12.4 Å². The Morgan fingerprint density at radius 2 is 1.91 bits per heavy atom. The van der Waals surface area contributed by atoms with Gasteiger partial charge in [-0.3, -0.25) is 0 Å². The molecule has 0 radical (unpaired) electrons. The van der Waals surface area contributed by atoms with Crippen LogP contribution in [0, 0.1) is 0 Å². The number of hydrogen-bond acceptors (Lipinski definition) is 4. The third-order valence-corrected chi connectivity index (χ3v) is 5.10. The predicted octanol–water partition coefficient (Wildman–Crippen LogP) is 4.31. The minimum Gasteiger partial charge on any atom is -0.493 e. The molecule has 2 aliphatic rings. The molecule has 0 amide bonds. The van der Waals surface area contributed by atoms with E-state index in [0.29, 0.717) is 18.6 Å². The lowest BCUT2D eigenvalue weighted by atomic mass is 10.3. The van der Waals surface area contributed by atoms with Crippen molar-refractivity contribution in [3.63, 3.8) is 0 Å². The summed E-state index contributed by atoms with van der Waals surface area (Å²) in [6, 6.07) is 8.12. The lowest BCUT2D eigenvalue weighted by molar-refractivity contribution is 0.344. The fourth-order valence-corrected chi connectivity index (χ4v) is 3.46. The zero-order valence-electron chi connectivity index (χ0n) is 12.2. The minimum atomic E-state index is 0.644. The highest BCUT2D eigenvalue weighted by Crippen LogP contribution is 2.45. The van der Waals surface area contributed by atoms with Crippen molar-refractivity contribution >= 4 is 23.4 Å². The highest BCUT2D eigenvalue weighted by Gasteiger charge is 2.36. The van der Waals surface area contributed by atoms with Crippen LogP contribution in [-0.2, 0) is 0 Å². The lowest BCUT2D eigenvalue weighted by Gasteiger charge is -2.09. The topological polar surface area (TPSA) is 39.9 Å². The van der Waals surface area contributed by atoms with Crippen LogP contribution in [-0.4, -0.2) is 27.1 Å². The number of nitrogens with zero attached hydrogens (tertiary/aromatic N) is 3. The number of hydrogen-bond donors (Lipinski definition) is 0. The summed E-state index contributed by atoms with van der Waals surface area (Å²) < 4.78 is 8.11. The summed E-state index contributed by atoms with van der Waals surface area (Å²) in [5, 5.41) is 10.6. The molecule has 2 saturated carbocycles. The van der Waals surface area contributed by atoms with Crippen LogP contribution in [0.2, 0.25) is 5.02 Å². The molecule has 116 valence electrons. The van der Waals surface area contributed by atoms with E-state index in [2.05, 4.69) is 14.8 Å². The average Bonchev–Trinajstić information content (AvgIpc) is 3.44. The van der Waals surface area contributed by atoms with Gasteiger partial charge in [-0.1, -0.05) is 23.4 Å². The van der Waals surface area contributed by atoms with E-state index in [9.17, 15) is 0 Å². The highest BCUT2D eigenvalue weighted by atomic mass is 35.5. The van der Waals surface area contributed by atoms with E-state index < -0.39 is 0 Å². The number of aromatic nitrogens is 3. The normalized spacial score (nSPS) is 17.7. The van der Waals surface area contributed by atoms with Gasteiger partial charge in [0, 0.05) is 22.7 Å². The summed E-state index contributed by atoms with van der Waals surface area (Å²) >= 11 is 7.60. The van der Waals surface area contributed by atoms with E-state index in [0.717, 1.165) is 21.7 Å². The molecule has 0 atom stereocenters. The van der Waals surface area contributed by atoms with Gasteiger partial charge in [0.2, 0.25) is 0 Å². The first-order chi connectivity index (χ1) is 10.8. The first-order valence-corrected chi connectivity index (χ1v) is 9.13. The van der Waals surface area contributed by atoms with Crippen molar-refractivity contribution < 1.29 is 4.74 Å². The fraction of sp³-hybridized carbons (Fsp3) is 0.500. The number of halogens is 1. The van der Waals surface area contributed by atoms with Crippen molar-refractivity contribution in [3.8, 4) is 5.75 Å². The zero-order chi connectivity index (χ0) is 14.9. The molecule has 1 aromatic heterocycles. The van der Waals surface area contributed by atoms with Crippen LogP contribution in [0.1, 0.15) is 43.5 Å². The van der Waals surface area contributed by atoms with Gasteiger partial charge in [-0.15, -0.1) is 10.2 Å². The summed E-state index contributed by atoms with van der Waals surface area (Å²) in [5.41, 5.74) is 0. The zero-order valence-corrected chi connectivity index (χ0v) is 13.8. The van der Waals surface area contributed by atoms with Crippen LogP contribution >= 0.6 is 23.4 Å². The third-order valence-electron chi connectivity index (χ3n) is 3.94. The van der Waals surface area contributed by atoms with Gasteiger partial charge in [0.25, 0.3) is 0 Å². The highest BCUT2D eigenvalue weighted by molar-refractivity contribution is 7.99. The Balaban J connectivity index is 1.33. The van der Waals surface area contributed by atoms with Gasteiger partial charge >= 0.3 is 0 Å². The summed E-state index contributed by atoms with van der Waals surface area (Å²) in [7, 11) is 0. The largest absolute Gasteiger partial charge is 0.493 e. The Kier molecular flexibility index (Phi) is 4.01. The van der Waals surface area contributed by atoms with E-state index in [-0.39, 0.29) is 0 Å². The summed E-state index contributed by atoms with van der Waals surface area (Å²) in [6.07, 6.45) is 5.09. The number of rotatable bonds is 7. The molecule has 0 bridgehead atoms. The first kappa shape index (κ1) is 14.4. The molecular weight excluding hydrogens is 318 g/mol. The Labute approximate surface area is 139 Å². The molecule has 4 rings (SSSR count). The quantitative estimate of drug-likeness (QED) is 0.558. The van der Waals surface area contributed by atoms with Crippen molar-refractivity contribution in [2.24, 2.45) is 0 Å². The minimum absolute atomic E-state index is 0.644. The number of ether oxygens (including phenoxy) is 1. The fourth-order valence-electron chi connectivity index (χ4n) is 2.51. The van der Waals surface area contributed by atoms with Gasteiger partial charge in [-0.2, -0.15) is 0 Å². The first-order valence-electron chi connectivity index (χ1n) is 7.77. The van der Waals surface area contributed by atoms with E-state index in [1.807, 2.05) is 24.3 Å². The van der Waals surface area contributed by atoms with Gasteiger partial charge in [0.15, 0.2) is 5.16 Å². The maximum absolute atomic E-state index is 5.86. The van der Waals surface area contributed by atoms with Crippen LogP contribution in [0.25, 0.3) is 0 Å². The third kappa shape index (κ3) is 3.25. The van der Waals surface area contributed by atoms with Gasteiger partial charge < -0.3 is 9.30 Å². The number of benzene rings is 1. The second kappa shape index (κ2) is 6.13. The second-order valence-electron chi connectivity index (χ2n) is 5.87. The number of thioether (sulfide) groups is 1. The molecule has 1 aromatic carbocycles. The molecule has 2 aliphatic carbocycles. The average molecular weight is 336 g/mol. The second-order valence-corrected chi connectivity index (χ2v) is 7.37. The van der Waals surface area contributed by atoms with E-state index in [1.54, 1.807) is 11.8 Å². The molecule has 0 saturated heterocycles. The smallest absolute Gasteiger partial charge is 0.191 e. The molecule has 0 aliphatic heterocycles. The Morgan fingerprint density at radius 1 is 1.14 bits per heavy atom. The molecule has 4 nitrogen and oxygen atoms in total. The maximum Gasteiger partial charge on any atom is 0.191 e. The van der Waals surface area contributed by atoms with E-state index >= 15 is 0 Å². The standard InChI is InChI=1S/C16H18ClN3OS/c17-12-3-7-14(8-4-12)21-9-10-22-16-19-18-15(11-1-2-11)20(16)13-5-6-13/h3-4,7-8,11,13H,1-2,5-6,9-10H2. The monoisotopic (exact) mass is 335 g/mol. The van der Waals surface area contributed by atoms with E-state index in [4.69, 9.17) is 16.3 Å². The molecule has 22 heavy (non-hydrogen) atoms. The molecule has 0 spiro atoms. The van der Waals surface area contributed by atoms with Crippen molar-refractivity contribution in [1.29, 1.82) is 0 Å². The summed E-state index contributed by atoms with van der Waals surface area (Å²) in [5.74, 6) is 3.60. The van der Waals surface area contributed by atoms with Crippen LogP contribution < -0.4 is 4.74 Å². The van der Waals surface area contributed by atoms with Crippen molar-refractivity contribution in [2.45, 2.75) is 42.8 Å². The lowest BCUT2D eigenvalue weighted by Crippen LogP contribution is -2.04. The summed E-state index contributed by atoms with van der Waals surface area (Å²) in [4.78, 5) is 0. The molecule has 0 unspecified atom stereocenters. The van der Waals surface area contributed by atoms with Crippen LogP contribution in [0.4, 0.5) is 0 Å². The van der Waals surface area contributed by atoms with Gasteiger partial charge in [0.1, 0.15) is 11.6 Å². The summed E-state index contributed by atoms with van der Waals surface area (Å²) in [6.45, 7) is 0.655. The van der Waals surface area contributed by atoms with Gasteiger partial charge in [-0.05, 0) is 49.9 Å². The van der Waals surface area contributed by atoms with Gasteiger partial charge in [0.05, 0.1) is 6.61 Å². The Bertz CT molecular complexity index is 650. The Hall–Kier alpha value is -1.20. The molecule has 0 N–H and O–H groups in total. The SMILES string of the molecule is Clc1ccc(OCCSc2nnc(C3CC3)n2C2CC2)cc1. The Morgan fingerprint density at radius 3 is 2.59 bits per heavy atom. The van der Waals surface area contributed by atoms with Crippen molar-refractivity contribution in [3.05, 3.63) is 35.1 Å². The maximum atomic E-state index is 5.86. The molecule has 1 heterocycles. The molecule has 6 heteroatoms. The molecule has 2 fully saturated rings. The molecular formula is C16H18ClN3OS.